The van der Waals surface area contributed by atoms with Crippen LogP contribution in [-0.2, 0) is 4.79 Å². The maximum Gasteiger partial charge on any atom is 0.269 e. The van der Waals surface area contributed by atoms with E-state index in [0.29, 0.717) is 18.4 Å². The first-order chi connectivity index (χ1) is 14.8. The summed E-state index contributed by atoms with van der Waals surface area (Å²) < 4.78 is 26.1. The lowest BCUT2D eigenvalue weighted by atomic mass is 9.87. The molecule has 0 spiro atoms. The van der Waals surface area contributed by atoms with Gasteiger partial charge in [-0.25, -0.2) is 14.3 Å². The summed E-state index contributed by atoms with van der Waals surface area (Å²) in [4.78, 5) is 24.0. The fraction of sp³-hybridized carbons (Fsp3) is 0.478. The van der Waals surface area contributed by atoms with Crippen LogP contribution in [-0.4, -0.2) is 40.2 Å². The van der Waals surface area contributed by atoms with Gasteiger partial charge in [0.25, 0.3) is 18.2 Å². The number of benzene rings is 1. The van der Waals surface area contributed by atoms with E-state index in [0.717, 1.165) is 6.42 Å². The molecule has 0 saturated heterocycles. The topological polar surface area (TPSA) is 98.7 Å². The molecule has 31 heavy (non-hydrogen) atoms. The van der Waals surface area contributed by atoms with E-state index >= 15 is 0 Å². The summed E-state index contributed by atoms with van der Waals surface area (Å²) in [6, 6.07) is 3.84. The molecule has 0 heterocycles. The smallest absolute Gasteiger partial charge is 0.269 e. The standard InChI is InChI=1S/C23H26F2N2O4/c1-23(30,22(24)25)19(21(29)27-31)26-20(28)18-14-12-17(13-15-18)11-7-3-6-10-16-8-4-2-5-9-16/h12-16,19,22,30-31H,2,4-5,8-10H2,1H3,(H,26,28)(H,27,29)/t19-,23?/m1/s1. The Balaban J connectivity index is 1.99. The highest BCUT2D eigenvalue weighted by Gasteiger charge is 2.46. The lowest BCUT2D eigenvalue weighted by molar-refractivity contribution is -0.149. The van der Waals surface area contributed by atoms with Gasteiger partial charge in [-0.2, -0.15) is 0 Å². The van der Waals surface area contributed by atoms with Gasteiger partial charge in [-0.15, -0.1) is 0 Å². The van der Waals surface area contributed by atoms with Gasteiger partial charge in [0.15, 0.2) is 5.60 Å². The quantitative estimate of drug-likeness (QED) is 0.316. The van der Waals surface area contributed by atoms with Crippen molar-refractivity contribution in [2.75, 3.05) is 0 Å². The van der Waals surface area contributed by atoms with Crippen LogP contribution in [0.4, 0.5) is 8.78 Å². The Kier molecular flexibility index (Phi) is 8.99. The van der Waals surface area contributed by atoms with Crippen LogP contribution in [0.5, 0.6) is 0 Å². The minimum Gasteiger partial charge on any atom is -0.381 e. The number of alkyl halides is 2. The molecule has 1 aliphatic carbocycles. The number of hydroxylamine groups is 1. The molecule has 2 atom stereocenters. The zero-order valence-corrected chi connectivity index (χ0v) is 17.3. The summed E-state index contributed by atoms with van der Waals surface area (Å²) in [5.41, 5.74) is -1.05. The third-order valence-corrected chi connectivity index (χ3v) is 5.29. The first kappa shape index (κ1) is 24.3. The maximum absolute atomic E-state index is 13.1. The lowest BCUT2D eigenvalue weighted by Gasteiger charge is -2.30. The van der Waals surface area contributed by atoms with Crippen molar-refractivity contribution in [2.45, 2.75) is 63.5 Å². The summed E-state index contributed by atoms with van der Waals surface area (Å²) >= 11 is 0. The van der Waals surface area contributed by atoms with Crippen molar-refractivity contribution in [3.8, 4) is 23.7 Å². The monoisotopic (exact) mass is 432 g/mol. The van der Waals surface area contributed by atoms with Gasteiger partial charge >= 0.3 is 0 Å². The zero-order valence-electron chi connectivity index (χ0n) is 17.3. The summed E-state index contributed by atoms with van der Waals surface area (Å²) in [5.74, 6) is 9.97. The van der Waals surface area contributed by atoms with E-state index in [1.807, 2.05) is 5.32 Å². The molecule has 0 radical (unpaired) electrons. The molecular weight excluding hydrogens is 406 g/mol. The number of rotatable bonds is 6. The zero-order chi connectivity index (χ0) is 22.9. The second kappa shape index (κ2) is 11.5. The third kappa shape index (κ3) is 7.06. The van der Waals surface area contributed by atoms with Gasteiger partial charge in [-0.1, -0.05) is 31.1 Å². The summed E-state index contributed by atoms with van der Waals surface area (Å²) in [6.07, 6.45) is 3.79. The highest BCUT2D eigenvalue weighted by molar-refractivity contribution is 5.97. The molecule has 4 N–H and O–H groups in total. The summed E-state index contributed by atoms with van der Waals surface area (Å²) in [7, 11) is 0. The molecule has 1 saturated carbocycles. The Bertz CT molecular complexity index is 886. The van der Waals surface area contributed by atoms with E-state index in [9.17, 15) is 23.5 Å². The van der Waals surface area contributed by atoms with Gasteiger partial charge in [0.2, 0.25) is 0 Å². The molecule has 6 nitrogen and oxygen atoms in total. The fourth-order valence-electron chi connectivity index (χ4n) is 3.32. The number of carbonyl (C=O) groups excluding carboxylic acids is 2. The first-order valence-corrected chi connectivity index (χ1v) is 10.1. The predicted molar refractivity (Wildman–Crippen MR) is 110 cm³/mol. The normalized spacial score (nSPS) is 16.7. The maximum atomic E-state index is 13.1. The first-order valence-electron chi connectivity index (χ1n) is 10.1. The van der Waals surface area contributed by atoms with Crippen LogP contribution >= 0.6 is 0 Å². The van der Waals surface area contributed by atoms with E-state index in [-0.39, 0.29) is 5.56 Å². The molecule has 0 aromatic heterocycles. The van der Waals surface area contributed by atoms with Gasteiger partial charge < -0.3 is 10.4 Å². The minimum absolute atomic E-state index is 0.0646. The van der Waals surface area contributed by atoms with Crippen molar-refractivity contribution >= 4 is 11.8 Å². The second-order valence-electron chi connectivity index (χ2n) is 7.75. The third-order valence-electron chi connectivity index (χ3n) is 5.29. The SMILES string of the molecule is CC(O)(C(F)F)[C@H](NC(=O)c1ccc(C#CC#CCC2CCCCC2)cc1)C(=O)NO. The highest BCUT2D eigenvalue weighted by atomic mass is 19.3. The number of halogens is 2. The molecule has 1 aromatic carbocycles. The summed E-state index contributed by atoms with van der Waals surface area (Å²) in [5, 5.41) is 20.6. The van der Waals surface area contributed by atoms with Gasteiger partial charge in [-0.05, 0) is 61.8 Å². The molecule has 1 aromatic rings. The largest absolute Gasteiger partial charge is 0.381 e. The van der Waals surface area contributed by atoms with Crippen LogP contribution in [0.15, 0.2) is 24.3 Å². The van der Waals surface area contributed by atoms with E-state index < -0.39 is 29.9 Å². The van der Waals surface area contributed by atoms with E-state index in [2.05, 4.69) is 23.7 Å². The number of nitrogens with one attached hydrogen (secondary N) is 2. The second-order valence-corrected chi connectivity index (χ2v) is 7.75. The van der Waals surface area contributed by atoms with Crippen LogP contribution in [0.25, 0.3) is 0 Å². The van der Waals surface area contributed by atoms with Crippen molar-refractivity contribution in [1.82, 2.24) is 10.8 Å². The Hall–Kier alpha value is -2.94. The Morgan fingerprint density at radius 3 is 2.39 bits per heavy atom. The number of carbonyl (C=O) groups is 2. The predicted octanol–water partition coefficient (Wildman–Crippen LogP) is 2.63. The molecular formula is C23H26F2N2O4. The number of amides is 2. The van der Waals surface area contributed by atoms with E-state index in [1.54, 1.807) is 12.1 Å². The number of hydrogen-bond donors (Lipinski definition) is 4. The molecule has 8 heteroatoms. The molecule has 166 valence electrons. The Labute approximate surface area is 180 Å². The van der Waals surface area contributed by atoms with Crippen molar-refractivity contribution < 1.29 is 28.7 Å². The van der Waals surface area contributed by atoms with Crippen LogP contribution in [0.3, 0.4) is 0 Å². The molecule has 2 rings (SSSR count). The van der Waals surface area contributed by atoms with Crippen molar-refractivity contribution in [3.63, 3.8) is 0 Å². The molecule has 1 aliphatic rings. The fourth-order valence-corrected chi connectivity index (χ4v) is 3.32. The molecule has 0 aliphatic heterocycles. The lowest BCUT2D eigenvalue weighted by Crippen LogP contribution is -2.61. The molecule has 2 amide bonds. The van der Waals surface area contributed by atoms with E-state index in [4.69, 9.17) is 5.21 Å². The van der Waals surface area contributed by atoms with Crippen LogP contribution in [0.1, 0.15) is 61.4 Å². The molecule has 1 unspecified atom stereocenters. The number of aliphatic hydroxyl groups is 1. The van der Waals surface area contributed by atoms with Gasteiger partial charge in [-0.3, -0.25) is 14.8 Å². The number of hydrogen-bond acceptors (Lipinski definition) is 4. The average Bonchev–Trinajstić information content (AvgIpc) is 2.77. The van der Waals surface area contributed by atoms with Gasteiger partial charge in [0.05, 0.1) is 0 Å². The Morgan fingerprint density at radius 1 is 1.16 bits per heavy atom. The molecule has 1 fully saturated rings. The van der Waals surface area contributed by atoms with Gasteiger partial charge in [0, 0.05) is 17.5 Å². The van der Waals surface area contributed by atoms with Gasteiger partial charge in [0.1, 0.15) is 6.04 Å². The van der Waals surface area contributed by atoms with Crippen molar-refractivity contribution in [3.05, 3.63) is 35.4 Å². The highest BCUT2D eigenvalue weighted by Crippen LogP contribution is 2.25. The Morgan fingerprint density at radius 2 is 1.81 bits per heavy atom. The van der Waals surface area contributed by atoms with Crippen molar-refractivity contribution in [2.24, 2.45) is 5.92 Å². The van der Waals surface area contributed by atoms with Crippen molar-refractivity contribution in [1.29, 1.82) is 0 Å². The minimum atomic E-state index is -3.34. The van der Waals surface area contributed by atoms with Crippen LogP contribution in [0.2, 0.25) is 0 Å². The molecule has 0 bridgehead atoms. The van der Waals surface area contributed by atoms with E-state index in [1.165, 1.54) is 49.7 Å². The van der Waals surface area contributed by atoms with Crippen LogP contribution in [0, 0.1) is 29.6 Å². The average molecular weight is 432 g/mol. The summed E-state index contributed by atoms with van der Waals surface area (Å²) in [6.45, 7) is 0.686. The van der Waals surface area contributed by atoms with Crippen LogP contribution < -0.4 is 10.8 Å².